The molecule has 2 aromatic carbocycles. The number of nitrogens with zero attached hydrogens (tertiary/aromatic N) is 1. The molecule has 0 spiro atoms. The third kappa shape index (κ3) is 3.76. The molecule has 0 bridgehead atoms. The van der Waals surface area contributed by atoms with Crippen LogP contribution in [-0.4, -0.2) is 12.1 Å². The summed E-state index contributed by atoms with van der Waals surface area (Å²) in [6.45, 7) is 2.10. The smallest absolute Gasteiger partial charge is 0.307 e. The number of fused-ring (bicyclic) bond motifs is 1. The lowest BCUT2D eigenvalue weighted by Crippen LogP contribution is -2.16. The SMILES string of the molecule is CCc1ccc(/C=N\NC(=O)c2cc3cc(Br)cc(Br)c3o2)cc1. The second-order valence-electron chi connectivity index (χ2n) is 5.21. The molecule has 0 atom stereocenters. The van der Waals surface area contributed by atoms with Crippen LogP contribution in [0.25, 0.3) is 11.0 Å². The van der Waals surface area contributed by atoms with Crippen molar-refractivity contribution in [3.05, 3.63) is 68.3 Å². The van der Waals surface area contributed by atoms with Crippen molar-refractivity contribution in [1.29, 1.82) is 0 Å². The summed E-state index contributed by atoms with van der Waals surface area (Å²) in [5.41, 5.74) is 5.29. The summed E-state index contributed by atoms with van der Waals surface area (Å²) in [6, 6.07) is 13.4. The van der Waals surface area contributed by atoms with Crippen molar-refractivity contribution >= 4 is 55.0 Å². The second kappa shape index (κ2) is 7.32. The topological polar surface area (TPSA) is 54.6 Å². The van der Waals surface area contributed by atoms with E-state index in [1.54, 1.807) is 12.3 Å². The number of carbonyl (C=O) groups excluding carboxylic acids is 1. The van der Waals surface area contributed by atoms with E-state index in [2.05, 4.69) is 49.3 Å². The molecular formula is C18H14Br2N2O2. The minimum atomic E-state index is -0.393. The molecule has 0 fully saturated rings. The molecule has 1 aromatic heterocycles. The van der Waals surface area contributed by atoms with E-state index < -0.39 is 5.91 Å². The van der Waals surface area contributed by atoms with Gasteiger partial charge in [-0.2, -0.15) is 5.10 Å². The summed E-state index contributed by atoms with van der Waals surface area (Å²) in [6.07, 6.45) is 2.60. The molecule has 6 heteroatoms. The number of carbonyl (C=O) groups is 1. The van der Waals surface area contributed by atoms with Crippen LogP contribution in [0, 0.1) is 0 Å². The van der Waals surface area contributed by atoms with Crippen LogP contribution >= 0.6 is 31.9 Å². The first-order valence-electron chi connectivity index (χ1n) is 7.37. The van der Waals surface area contributed by atoms with Gasteiger partial charge < -0.3 is 4.42 Å². The Kier molecular flexibility index (Phi) is 5.16. The highest BCUT2D eigenvalue weighted by Gasteiger charge is 2.14. The van der Waals surface area contributed by atoms with E-state index in [4.69, 9.17) is 4.42 Å². The van der Waals surface area contributed by atoms with E-state index >= 15 is 0 Å². The summed E-state index contributed by atoms with van der Waals surface area (Å²) >= 11 is 6.83. The number of furan rings is 1. The summed E-state index contributed by atoms with van der Waals surface area (Å²) in [5.74, 6) is -0.182. The summed E-state index contributed by atoms with van der Waals surface area (Å²) in [7, 11) is 0. The Bertz CT molecular complexity index is 915. The molecule has 4 nitrogen and oxygen atoms in total. The number of amides is 1. The number of hydrogen-bond donors (Lipinski definition) is 1. The zero-order chi connectivity index (χ0) is 17.1. The maximum absolute atomic E-state index is 12.2. The molecule has 0 aliphatic heterocycles. The van der Waals surface area contributed by atoms with Gasteiger partial charge in [0.25, 0.3) is 0 Å². The molecule has 1 amide bonds. The molecule has 0 saturated carbocycles. The third-order valence-electron chi connectivity index (χ3n) is 3.53. The molecular weight excluding hydrogens is 436 g/mol. The molecule has 122 valence electrons. The minimum absolute atomic E-state index is 0.210. The van der Waals surface area contributed by atoms with Gasteiger partial charge in [-0.15, -0.1) is 0 Å². The number of rotatable bonds is 4. The summed E-state index contributed by atoms with van der Waals surface area (Å²) in [5, 5.41) is 4.81. The minimum Gasteiger partial charge on any atom is -0.450 e. The van der Waals surface area contributed by atoms with Gasteiger partial charge in [0.1, 0.15) is 5.58 Å². The maximum Gasteiger partial charge on any atom is 0.307 e. The monoisotopic (exact) mass is 448 g/mol. The molecule has 3 rings (SSSR count). The molecule has 24 heavy (non-hydrogen) atoms. The van der Waals surface area contributed by atoms with Crippen LogP contribution in [0.2, 0.25) is 0 Å². The van der Waals surface area contributed by atoms with Crippen LogP contribution in [0.4, 0.5) is 0 Å². The lowest BCUT2D eigenvalue weighted by Gasteiger charge is -1.98. The van der Waals surface area contributed by atoms with E-state index in [0.29, 0.717) is 5.58 Å². The average Bonchev–Trinajstić information content (AvgIpc) is 3.00. The van der Waals surface area contributed by atoms with Crippen molar-refractivity contribution in [1.82, 2.24) is 5.43 Å². The van der Waals surface area contributed by atoms with Gasteiger partial charge in [-0.25, -0.2) is 5.43 Å². The van der Waals surface area contributed by atoms with E-state index in [1.165, 1.54) is 5.56 Å². The van der Waals surface area contributed by atoms with Gasteiger partial charge in [-0.05, 0) is 51.7 Å². The Hall–Kier alpha value is -1.92. The van der Waals surface area contributed by atoms with Crippen molar-refractivity contribution in [2.45, 2.75) is 13.3 Å². The van der Waals surface area contributed by atoms with Crippen LogP contribution < -0.4 is 5.43 Å². The normalized spacial score (nSPS) is 11.3. The van der Waals surface area contributed by atoms with Gasteiger partial charge in [0.2, 0.25) is 0 Å². The third-order valence-corrected chi connectivity index (χ3v) is 4.57. The van der Waals surface area contributed by atoms with E-state index in [9.17, 15) is 4.79 Å². The van der Waals surface area contributed by atoms with Crippen LogP contribution in [0.1, 0.15) is 28.6 Å². The predicted octanol–water partition coefficient (Wildman–Crippen LogP) is 5.28. The van der Waals surface area contributed by atoms with Crippen LogP contribution in [-0.2, 0) is 6.42 Å². The number of nitrogens with one attached hydrogen (secondary N) is 1. The molecule has 0 aliphatic carbocycles. The molecule has 1 heterocycles. The Morgan fingerprint density at radius 1 is 1.21 bits per heavy atom. The lowest BCUT2D eigenvalue weighted by molar-refractivity contribution is 0.0929. The maximum atomic E-state index is 12.2. The van der Waals surface area contributed by atoms with E-state index in [0.717, 1.165) is 26.3 Å². The molecule has 0 radical (unpaired) electrons. The van der Waals surface area contributed by atoms with Crippen molar-refractivity contribution in [2.24, 2.45) is 5.10 Å². The summed E-state index contributed by atoms with van der Waals surface area (Å²) < 4.78 is 7.28. The molecule has 0 aliphatic rings. The van der Waals surface area contributed by atoms with Crippen molar-refractivity contribution < 1.29 is 9.21 Å². The van der Waals surface area contributed by atoms with Crippen LogP contribution in [0.3, 0.4) is 0 Å². The fourth-order valence-electron chi connectivity index (χ4n) is 2.25. The van der Waals surface area contributed by atoms with Crippen molar-refractivity contribution in [2.75, 3.05) is 0 Å². The van der Waals surface area contributed by atoms with E-state index in [-0.39, 0.29) is 5.76 Å². The van der Waals surface area contributed by atoms with Crippen LogP contribution in [0.5, 0.6) is 0 Å². The highest BCUT2D eigenvalue weighted by Crippen LogP contribution is 2.30. The fourth-order valence-corrected chi connectivity index (χ4v) is 3.59. The predicted molar refractivity (Wildman–Crippen MR) is 102 cm³/mol. The second-order valence-corrected chi connectivity index (χ2v) is 6.98. The Balaban J connectivity index is 1.72. The first kappa shape index (κ1) is 16.9. The first-order valence-corrected chi connectivity index (χ1v) is 8.96. The van der Waals surface area contributed by atoms with Crippen molar-refractivity contribution in [3.8, 4) is 0 Å². The fraction of sp³-hybridized carbons (Fsp3) is 0.111. The Morgan fingerprint density at radius 2 is 1.96 bits per heavy atom. The Labute approximate surface area is 156 Å². The highest BCUT2D eigenvalue weighted by molar-refractivity contribution is 9.11. The zero-order valence-electron chi connectivity index (χ0n) is 12.8. The Morgan fingerprint density at radius 3 is 2.67 bits per heavy atom. The van der Waals surface area contributed by atoms with Crippen molar-refractivity contribution in [3.63, 3.8) is 0 Å². The van der Waals surface area contributed by atoms with Gasteiger partial charge >= 0.3 is 5.91 Å². The number of hydrazone groups is 1. The van der Waals surface area contributed by atoms with E-state index in [1.807, 2.05) is 36.4 Å². The van der Waals surface area contributed by atoms with Gasteiger partial charge in [0.05, 0.1) is 10.7 Å². The standard InChI is InChI=1S/C18H14Br2N2O2/c1-2-11-3-5-12(6-4-11)10-21-22-18(23)16-8-13-7-14(19)9-15(20)17(13)24-16/h3-10H,2H2,1H3,(H,22,23)/b21-10-. The zero-order valence-corrected chi connectivity index (χ0v) is 16.0. The highest BCUT2D eigenvalue weighted by atomic mass is 79.9. The van der Waals surface area contributed by atoms with Crippen LogP contribution in [0.15, 0.2) is 60.9 Å². The first-order chi connectivity index (χ1) is 11.6. The number of aryl methyl sites for hydroxylation is 1. The molecule has 1 N–H and O–H groups in total. The quantitative estimate of drug-likeness (QED) is 0.434. The van der Waals surface area contributed by atoms with Gasteiger partial charge in [-0.3, -0.25) is 4.79 Å². The lowest BCUT2D eigenvalue weighted by atomic mass is 10.1. The molecule has 3 aromatic rings. The summed E-state index contributed by atoms with van der Waals surface area (Å²) in [4.78, 5) is 12.2. The molecule has 0 saturated heterocycles. The number of benzene rings is 2. The average molecular weight is 450 g/mol. The number of hydrogen-bond acceptors (Lipinski definition) is 3. The van der Waals surface area contributed by atoms with Gasteiger partial charge in [0.15, 0.2) is 5.76 Å². The van der Waals surface area contributed by atoms with Gasteiger partial charge in [-0.1, -0.05) is 47.1 Å². The molecule has 0 unspecified atom stereocenters. The number of halogens is 2. The largest absolute Gasteiger partial charge is 0.450 e. The van der Waals surface area contributed by atoms with Gasteiger partial charge in [0, 0.05) is 9.86 Å².